The van der Waals surface area contributed by atoms with E-state index in [2.05, 4.69) is 27.9 Å². The van der Waals surface area contributed by atoms with Crippen LogP contribution in [0.25, 0.3) is 0 Å². The average molecular weight is 389 g/mol. The molecule has 0 spiro atoms. The highest BCUT2D eigenvalue weighted by Crippen LogP contribution is 2.25. The molecule has 0 bridgehead atoms. The van der Waals surface area contributed by atoms with Crippen molar-refractivity contribution in [1.82, 2.24) is 0 Å². The Morgan fingerprint density at radius 2 is 1.71 bits per heavy atom. The number of aryl methyl sites for hydroxylation is 1. The minimum Gasteiger partial charge on any atom is -0.351 e. The number of nitrogens with one attached hydrogen (secondary N) is 1. The van der Waals surface area contributed by atoms with Crippen LogP contribution in [-0.2, 0) is 0 Å². The predicted octanol–water partition coefficient (Wildman–Crippen LogP) is 3.97. The summed E-state index contributed by atoms with van der Waals surface area (Å²) in [5.41, 5.74) is 3.21. The van der Waals surface area contributed by atoms with Gasteiger partial charge in [0.2, 0.25) is 5.78 Å². The normalized spacial score (nSPS) is 13.7. The summed E-state index contributed by atoms with van der Waals surface area (Å²) in [5.74, 6) is -0.295. The molecule has 1 aliphatic carbocycles. The maximum absolute atomic E-state index is 12.5. The molecule has 0 saturated heterocycles. The number of halogens is 1. The van der Waals surface area contributed by atoms with E-state index in [0.29, 0.717) is 16.8 Å². The van der Waals surface area contributed by atoms with Gasteiger partial charge in [-0.15, -0.1) is 0 Å². The van der Waals surface area contributed by atoms with E-state index in [1.807, 2.05) is 25.1 Å². The molecule has 3 rings (SSSR count). The zero-order valence-corrected chi connectivity index (χ0v) is 13.5. The summed E-state index contributed by atoms with van der Waals surface area (Å²) in [7, 11) is 0. The van der Waals surface area contributed by atoms with Crippen molar-refractivity contribution in [3.63, 3.8) is 0 Å². The van der Waals surface area contributed by atoms with Gasteiger partial charge in [-0.3, -0.25) is 9.59 Å². The highest BCUT2D eigenvalue weighted by molar-refractivity contribution is 14.1. The lowest BCUT2D eigenvalue weighted by atomic mass is 9.92. The molecule has 0 amide bonds. The first-order valence-electron chi connectivity index (χ1n) is 6.49. The number of hydrogen-bond acceptors (Lipinski definition) is 3. The van der Waals surface area contributed by atoms with Crippen molar-refractivity contribution in [2.24, 2.45) is 0 Å². The lowest BCUT2D eigenvalue weighted by Crippen LogP contribution is -2.21. The number of fused-ring (bicyclic) bond motifs is 1. The molecular weight excluding hydrogens is 377 g/mol. The van der Waals surface area contributed by atoms with Gasteiger partial charge in [0.15, 0.2) is 5.78 Å². The number of carbonyl (C=O) groups excluding carboxylic acids is 2. The monoisotopic (exact) mass is 389 g/mol. The molecule has 21 heavy (non-hydrogen) atoms. The Hall–Kier alpha value is -1.95. The topological polar surface area (TPSA) is 46.2 Å². The van der Waals surface area contributed by atoms with Crippen LogP contribution in [0, 0.1) is 10.5 Å². The molecule has 3 nitrogen and oxygen atoms in total. The van der Waals surface area contributed by atoms with E-state index in [4.69, 9.17) is 0 Å². The van der Waals surface area contributed by atoms with Gasteiger partial charge in [0, 0.05) is 20.8 Å². The van der Waals surface area contributed by atoms with E-state index in [1.54, 1.807) is 24.3 Å². The highest BCUT2D eigenvalue weighted by Gasteiger charge is 2.25. The average Bonchev–Trinajstić information content (AvgIpc) is 2.47. The van der Waals surface area contributed by atoms with Gasteiger partial charge in [-0.1, -0.05) is 30.3 Å². The molecular formula is C17H12INO2. The number of ketones is 2. The first-order valence-corrected chi connectivity index (χ1v) is 7.57. The molecule has 0 radical (unpaired) electrons. The minimum absolute atomic E-state index is 0.144. The first kappa shape index (κ1) is 14.0. The summed E-state index contributed by atoms with van der Waals surface area (Å²) < 4.78 is 1.01. The number of allylic oxidation sites excluding steroid dienone is 2. The van der Waals surface area contributed by atoms with Crippen molar-refractivity contribution in [3.05, 3.63) is 74.5 Å². The van der Waals surface area contributed by atoms with E-state index >= 15 is 0 Å². The second-order valence-corrected chi connectivity index (χ2v) is 6.07. The van der Waals surface area contributed by atoms with Crippen LogP contribution in [0.15, 0.2) is 54.2 Å². The molecule has 0 saturated carbocycles. The van der Waals surface area contributed by atoms with Gasteiger partial charge in [-0.25, -0.2) is 0 Å². The third kappa shape index (κ3) is 2.63. The second kappa shape index (κ2) is 5.44. The van der Waals surface area contributed by atoms with Crippen LogP contribution < -0.4 is 5.32 Å². The molecule has 0 fully saturated rings. The number of hydrogen-bond donors (Lipinski definition) is 1. The van der Waals surface area contributed by atoms with Gasteiger partial charge in [0.25, 0.3) is 0 Å². The third-order valence-corrected chi connectivity index (χ3v) is 4.24. The lowest BCUT2D eigenvalue weighted by Gasteiger charge is -2.17. The third-order valence-electron chi connectivity index (χ3n) is 3.35. The molecule has 104 valence electrons. The van der Waals surface area contributed by atoms with Gasteiger partial charge < -0.3 is 5.32 Å². The molecule has 0 aliphatic heterocycles. The van der Waals surface area contributed by atoms with Crippen LogP contribution in [0.1, 0.15) is 26.3 Å². The Balaban J connectivity index is 1.97. The Bertz CT molecular complexity index is 793. The van der Waals surface area contributed by atoms with Gasteiger partial charge in [0.05, 0.1) is 11.4 Å². The van der Waals surface area contributed by atoms with Gasteiger partial charge in [0.1, 0.15) is 0 Å². The highest BCUT2D eigenvalue weighted by atomic mass is 127. The fraction of sp³-hybridized carbons (Fsp3) is 0.0588. The number of Topliss-reactive ketones (excluding diaryl/α,β-unsaturated/α-hetero) is 1. The summed E-state index contributed by atoms with van der Waals surface area (Å²) in [5, 5.41) is 3.08. The van der Waals surface area contributed by atoms with Gasteiger partial charge in [-0.2, -0.15) is 0 Å². The predicted molar refractivity (Wildman–Crippen MR) is 90.7 cm³/mol. The Morgan fingerprint density at radius 1 is 1.00 bits per heavy atom. The first-order chi connectivity index (χ1) is 10.1. The summed E-state index contributed by atoms with van der Waals surface area (Å²) in [6.45, 7) is 2.01. The summed E-state index contributed by atoms with van der Waals surface area (Å²) in [4.78, 5) is 24.6. The lowest BCUT2D eigenvalue weighted by molar-refractivity contribution is 0.0985. The molecule has 1 N–H and O–H groups in total. The van der Waals surface area contributed by atoms with E-state index in [-0.39, 0.29) is 11.6 Å². The number of anilines is 1. The summed E-state index contributed by atoms with van der Waals surface area (Å²) in [6, 6.07) is 12.8. The van der Waals surface area contributed by atoms with Crippen LogP contribution >= 0.6 is 22.6 Å². The quantitative estimate of drug-likeness (QED) is 0.791. The number of benzene rings is 2. The zero-order chi connectivity index (χ0) is 15.0. The number of carbonyl (C=O) groups is 2. The van der Waals surface area contributed by atoms with Crippen molar-refractivity contribution < 1.29 is 9.59 Å². The van der Waals surface area contributed by atoms with Crippen molar-refractivity contribution in [2.45, 2.75) is 6.92 Å². The minimum atomic E-state index is -0.151. The molecule has 2 aromatic carbocycles. The van der Waals surface area contributed by atoms with Crippen molar-refractivity contribution in [1.29, 1.82) is 0 Å². The molecule has 0 atom stereocenters. The maximum atomic E-state index is 12.5. The second-order valence-electron chi connectivity index (χ2n) is 4.91. The standard InChI is InChI=1S/C17H12INO2/c1-10-6-7-14(13(18)8-10)19-15-9-16(20)11-4-2-3-5-12(11)17(15)21/h2-9,19H,1H3. The van der Waals surface area contributed by atoms with E-state index in [1.165, 1.54) is 6.08 Å². The van der Waals surface area contributed by atoms with Crippen LogP contribution in [0.2, 0.25) is 0 Å². The van der Waals surface area contributed by atoms with Crippen LogP contribution in [0.3, 0.4) is 0 Å². The Morgan fingerprint density at radius 3 is 2.43 bits per heavy atom. The van der Waals surface area contributed by atoms with Crippen LogP contribution in [0.4, 0.5) is 5.69 Å². The largest absolute Gasteiger partial charge is 0.351 e. The molecule has 4 heteroatoms. The van der Waals surface area contributed by atoms with Crippen molar-refractivity contribution in [3.8, 4) is 0 Å². The van der Waals surface area contributed by atoms with E-state index < -0.39 is 0 Å². The maximum Gasteiger partial charge on any atom is 0.210 e. The smallest absolute Gasteiger partial charge is 0.210 e. The summed E-state index contributed by atoms with van der Waals surface area (Å²) >= 11 is 2.21. The molecule has 0 unspecified atom stereocenters. The van der Waals surface area contributed by atoms with Crippen LogP contribution in [-0.4, -0.2) is 11.6 Å². The van der Waals surface area contributed by atoms with E-state index in [9.17, 15) is 9.59 Å². The van der Waals surface area contributed by atoms with Gasteiger partial charge in [-0.05, 0) is 47.2 Å². The Kier molecular flexibility index (Phi) is 3.63. The van der Waals surface area contributed by atoms with E-state index in [0.717, 1.165) is 14.8 Å². The zero-order valence-electron chi connectivity index (χ0n) is 11.3. The summed E-state index contributed by atoms with van der Waals surface area (Å²) in [6.07, 6.45) is 1.38. The van der Waals surface area contributed by atoms with Gasteiger partial charge >= 0.3 is 0 Å². The number of rotatable bonds is 2. The Labute approximate surface area is 136 Å². The molecule has 2 aromatic rings. The molecule has 0 aromatic heterocycles. The fourth-order valence-electron chi connectivity index (χ4n) is 2.27. The molecule has 1 aliphatic rings. The fourth-order valence-corrected chi connectivity index (χ4v) is 3.08. The van der Waals surface area contributed by atoms with Crippen LogP contribution in [0.5, 0.6) is 0 Å². The van der Waals surface area contributed by atoms with Crippen molar-refractivity contribution >= 4 is 39.8 Å². The SMILES string of the molecule is Cc1ccc(NC2=CC(=O)c3ccccc3C2=O)c(I)c1. The van der Waals surface area contributed by atoms with Crippen molar-refractivity contribution in [2.75, 3.05) is 5.32 Å². The molecule has 0 heterocycles.